The number of phenolic OH excluding ortho intramolecular Hbond substituents is 1. The molecule has 1 aromatic carbocycles. The van der Waals surface area contributed by atoms with Crippen molar-refractivity contribution in [2.75, 3.05) is 31.1 Å². The maximum absolute atomic E-state index is 12.9. The van der Waals surface area contributed by atoms with Gasteiger partial charge in [-0.15, -0.1) is 0 Å². The maximum atomic E-state index is 12.9. The van der Waals surface area contributed by atoms with Crippen LogP contribution in [0.2, 0.25) is 0 Å². The second-order valence-corrected chi connectivity index (χ2v) is 7.70. The number of phenols is 1. The maximum Gasteiger partial charge on any atom is 0.230 e. The van der Waals surface area contributed by atoms with Crippen LogP contribution in [0.4, 0.5) is 5.82 Å². The molecular weight excluding hydrogens is 340 g/mol. The van der Waals surface area contributed by atoms with E-state index >= 15 is 0 Å². The van der Waals surface area contributed by atoms with E-state index in [0.29, 0.717) is 23.8 Å². The second kappa shape index (κ2) is 6.83. The Morgan fingerprint density at radius 1 is 1.19 bits per heavy atom. The van der Waals surface area contributed by atoms with Gasteiger partial charge in [-0.1, -0.05) is 19.1 Å². The van der Waals surface area contributed by atoms with Crippen molar-refractivity contribution in [2.24, 2.45) is 5.41 Å². The first kappa shape index (κ1) is 17.8. The molecule has 6 nitrogen and oxygen atoms in total. The smallest absolute Gasteiger partial charge is 0.230 e. The van der Waals surface area contributed by atoms with Gasteiger partial charge in [-0.3, -0.25) is 4.79 Å². The number of hydrogen-bond acceptors (Lipinski definition) is 5. The van der Waals surface area contributed by atoms with Crippen molar-refractivity contribution in [3.05, 3.63) is 36.0 Å². The number of hydrogen-bond donors (Lipinski definition) is 1. The van der Waals surface area contributed by atoms with Crippen molar-refractivity contribution in [2.45, 2.75) is 33.1 Å². The Hall–Kier alpha value is -2.63. The summed E-state index contributed by atoms with van der Waals surface area (Å²) in [6.07, 6.45) is 2.81. The number of nitrogens with zero attached hydrogens (tertiary/aromatic N) is 4. The zero-order chi connectivity index (χ0) is 19.0. The number of rotatable bonds is 4. The molecule has 0 aliphatic carbocycles. The molecule has 0 saturated carbocycles. The molecule has 2 aliphatic rings. The summed E-state index contributed by atoms with van der Waals surface area (Å²) in [4.78, 5) is 26.4. The molecular formula is C21H26N4O2. The number of carbonyl (C=O) groups excluding carboxylic acids is 1. The van der Waals surface area contributed by atoms with E-state index in [-0.39, 0.29) is 11.2 Å². The number of para-hydroxylation sites is 1. The Labute approximate surface area is 159 Å². The fraction of sp³-hybridized carbons (Fsp3) is 0.476. The van der Waals surface area contributed by atoms with Crippen LogP contribution >= 0.6 is 0 Å². The minimum atomic E-state index is -0.261. The molecule has 6 heteroatoms. The van der Waals surface area contributed by atoms with Crippen molar-refractivity contribution in [1.29, 1.82) is 0 Å². The molecule has 2 saturated heterocycles. The molecule has 27 heavy (non-hydrogen) atoms. The standard InChI is InChI=1S/C21H26N4O2/c1-3-10-24-11-8-21(20(24)27)9-12-25(14-21)18-13-15(2)22-19(23-18)16-6-4-5-7-17(16)26/h4-7,13,26H,3,8-12,14H2,1-2H3. The van der Waals surface area contributed by atoms with Crippen molar-refractivity contribution in [3.63, 3.8) is 0 Å². The number of aromatic hydroxyl groups is 1. The van der Waals surface area contributed by atoms with Crippen LogP contribution in [0.3, 0.4) is 0 Å². The van der Waals surface area contributed by atoms with Gasteiger partial charge < -0.3 is 14.9 Å². The van der Waals surface area contributed by atoms with Crippen LogP contribution in [0.5, 0.6) is 5.75 Å². The summed E-state index contributed by atoms with van der Waals surface area (Å²) in [7, 11) is 0. The van der Waals surface area contributed by atoms with Crippen LogP contribution in [0, 0.1) is 12.3 Å². The first-order chi connectivity index (χ1) is 13.0. The van der Waals surface area contributed by atoms with Crippen LogP contribution in [0.25, 0.3) is 11.4 Å². The summed E-state index contributed by atoms with van der Waals surface area (Å²) in [5.74, 6) is 1.83. The first-order valence-corrected chi connectivity index (χ1v) is 9.71. The van der Waals surface area contributed by atoms with Crippen molar-refractivity contribution in [1.82, 2.24) is 14.9 Å². The van der Waals surface area contributed by atoms with Gasteiger partial charge in [0, 0.05) is 37.9 Å². The van der Waals surface area contributed by atoms with E-state index in [1.54, 1.807) is 12.1 Å². The molecule has 2 aliphatic heterocycles. The van der Waals surface area contributed by atoms with E-state index in [2.05, 4.69) is 16.8 Å². The average Bonchev–Trinajstić information content (AvgIpc) is 3.22. The number of benzene rings is 1. The Balaban J connectivity index is 1.60. The fourth-order valence-electron chi connectivity index (χ4n) is 4.32. The zero-order valence-corrected chi connectivity index (χ0v) is 16.0. The van der Waals surface area contributed by atoms with Gasteiger partial charge in [0.15, 0.2) is 5.82 Å². The summed E-state index contributed by atoms with van der Waals surface area (Å²) in [5, 5.41) is 10.1. The lowest BCUT2D eigenvalue weighted by molar-refractivity contribution is -0.135. The van der Waals surface area contributed by atoms with Crippen LogP contribution in [0.15, 0.2) is 30.3 Å². The summed E-state index contributed by atoms with van der Waals surface area (Å²) in [5.41, 5.74) is 1.22. The minimum Gasteiger partial charge on any atom is -0.507 e. The van der Waals surface area contributed by atoms with Gasteiger partial charge in [0.25, 0.3) is 0 Å². The van der Waals surface area contributed by atoms with Gasteiger partial charge in [0.05, 0.1) is 11.0 Å². The molecule has 1 unspecified atom stereocenters. The second-order valence-electron chi connectivity index (χ2n) is 7.70. The molecule has 3 heterocycles. The third kappa shape index (κ3) is 3.13. The third-order valence-electron chi connectivity index (χ3n) is 5.76. The zero-order valence-electron chi connectivity index (χ0n) is 16.0. The predicted molar refractivity (Wildman–Crippen MR) is 105 cm³/mol. The summed E-state index contributed by atoms with van der Waals surface area (Å²) >= 11 is 0. The van der Waals surface area contributed by atoms with Crippen LogP contribution in [0.1, 0.15) is 31.9 Å². The van der Waals surface area contributed by atoms with Crippen molar-refractivity contribution >= 4 is 11.7 Å². The molecule has 1 amide bonds. The van der Waals surface area contributed by atoms with Gasteiger partial charge in [0.2, 0.25) is 5.91 Å². The summed E-state index contributed by atoms with van der Waals surface area (Å²) in [6.45, 7) is 7.30. The Morgan fingerprint density at radius 2 is 1.96 bits per heavy atom. The normalized spacial score (nSPS) is 22.2. The lowest BCUT2D eigenvalue weighted by Gasteiger charge is -2.24. The van der Waals surface area contributed by atoms with Crippen LogP contribution < -0.4 is 4.90 Å². The molecule has 1 aromatic heterocycles. The largest absolute Gasteiger partial charge is 0.507 e. The van der Waals surface area contributed by atoms with Gasteiger partial charge in [0.1, 0.15) is 11.6 Å². The molecule has 1 atom stereocenters. The summed E-state index contributed by atoms with van der Waals surface area (Å²) < 4.78 is 0. The van der Waals surface area contributed by atoms with E-state index < -0.39 is 0 Å². The average molecular weight is 366 g/mol. The van der Waals surface area contributed by atoms with Gasteiger partial charge >= 0.3 is 0 Å². The van der Waals surface area contributed by atoms with Crippen LogP contribution in [-0.4, -0.2) is 52.1 Å². The van der Waals surface area contributed by atoms with Gasteiger partial charge in [-0.05, 0) is 38.3 Å². The number of amides is 1. The molecule has 142 valence electrons. The number of likely N-dealkylation sites (tertiary alicyclic amines) is 1. The van der Waals surface area contributed by atoms with Gasteiger partial charge in [-0.2, -0.15) is 0 Å². The van der Waals surface area contributed by atoms with Gasteiger partial charge in [-0.25, -0.2) is 9.97 Å². The van der Waals surface area contributed by atoms with Crippen molar-refractivity contribution in [3.8, 4) is 17.1 Å². The molecule has 1 N–H and O–H groups in total. The highest BCUT2D eigenvalue weighted by Crippen LogP contribution is 2.42. The van der Waals surface area contributed by atoms with E-state index in [0.717, 1.165) is 50.4 Å². The van der Waals surface area contributed by atoms with E-state index in [1.807, 2.05) is 30.0 Å². The molecule has 4 rings (SSSR count). The number of aromatic nitrogens is 2. The topological polar surface area (TPSA) is 69.6 Å². The van der Waals surface area contributed by atoms with Crippen LogP contribution in [-0.2, 0) is 4.79 Å². The Kier molecular flexibility index (Phi) is 4.50. The van der Waals surface area contributed by atoms with E-state index in [1.165, 1.54) is 0 Å². The Morgan fingerprint density at radius 3 is 2.74 bits per heavy atom. The minimum absolute atomic E-state index is 0.174. The highest BCUT2D eigenvalue weighted by atomic mass is 16.3. The quantitative estimate of drug-likeness (QED) is 0.901. The molecule has 0 bridgehead atoms. The lowest BCUT2D eigenvalue weighted by Crippen LogP contribution is -2.37. The van der Waals surface area contributed by atoms with E-state index in [4.69, 9.17) is 4.98 Å². The SMILES string of the molecule is CCCN1CCC2(CCN(c3cc(C)nc(-c4ccccc4O)n3)C2)C1=O. The Bertz CT molecular complexity index is 869. The first-order valence-electron chi connectivity index (χ1n) is 9.71. The predicted octanol–water partition coefficient (Wildman–Crippen LogP) is 3.00. The highest BCUT2D eigenvalue weighted by molar-refractivity contribution is 5.86. The fourth-order valence-corrected chi connectivity index (χ4v) is 4.32. The van der Waals surface area contributed by atoms with Crippen molar-refractivity contribution < 1.29 is 9.90 Å². The molecule has 0 radical (unpaired) electrons. The lowest BCUT2D eigenvalue weighted by atomic mass is 9.85. The number of aryl methyl sites for hydroxylation is 1. The highest BCUT2D eigenvalue weighted by Gasteiger charge is 2.50. The van der Waals surface area contributed by atoms with E-state index in [9.17, 15) is 9.90 Å². The molecule has 2 fully saturated rings. The number of anilines is 1. The molecule has 2 aromatic rings. The third-order valence-corrected chi connectivity index (χ3v) is 5.76. The summed E-state index contributed by atoms with van der Waals surface area (Å²) in [6, 6.07) is 9.08. The molecule has 1 spiro atoms. The number of carbonyl (C=O) groups is 1. The monoisotopic (exact) mass is 366 g/mol.